The predicted octanol–water partition coefficient (Wildman–Crippen LogP) is 0.819. The van der Waals surface area contributed by atoms with Crippen LogP contribution in [0.25, 0.3) is 0 Å². The van der Waals surface area contributed by atoms with E-state index in [0.29, 0.717) is 12.2 Å². The molecule has 158 valence electrons. The van der Waals surface area contributed by atoms with Crippen LogP contribution in [0.5, 0.6) is 0 Å². The fraction of sp³-hybridized carbons (Fsp3) is 0.190. The van der Waals surface area contributed by atoms with Gasteiger partial charge in [0.15, 0.2) is 0 Å². The number of hydroxylamine groups is 1. The van der Waals surface area contributed by atoms with Crippen LogP contribution in [-0.4, -0.2) is 45.7 Å². The van der Waals surface area contributed by atoms with Crippen LogP contribution in [0.1, 0.15) is 49.5 Å². The second-order valence-electron chi connectivity index (χ2n) is 7.17. The Bertz CT molecular complexity index is 1110. The van der Waals surface area contributed by atoms with Crippen LogP contribution in [0.15, 0.2) is 42.5 Å². The van der Waals surface area contributed by atoms with Crippen LogP contribution in [0.3, 0.4) is 0 Å². The minimum atomic E-state index is -1.02. The maximum absolute atomic E-state index is 13.1. The molecule has 1 unspecified atom stereocenters. The summed E-state index contributed by atoms with van der Waals surface area (Å²) in [5.74, 6) is -2.88. The monoisotopic (exact) mass is 422 g/mol. The molecule has 31 heavy (non-hydrogen) atoms. The molecule has 2 heterocycles. The minimum absolute atomic E-state index is 0.0548. The van der Waals surface area contributed by atoms with Crippen LogP contribution in [-0.2, 0) is 16.1 Å². The fourth-order valence-electron chi connectivity index (χ4n) is 3.70. The van der Waals surface area contributed by atoms with Gasteiger partial charge in [0.1, 0.15) is 6.04 Å². The van der Waals surface area contributed by atoms with Gasteiger partial charge in [-0.05, 0) is 36.2 Å². The molecular weight excluding hydrogens is 404 g/mol. The summed E-state index contributed by atoms with van der Waals surface area (Å²) in [4.78, 5) is 61.8. The average molecular weight is 422 g/mol. The number of nitrogens with one attached hydrogen (secondary N) is 3. The van der Waals surface area contributed by atoms with Crippen molar-refractivity contribution in [2.24, 2.45) is 0 Å². The van der Waals surface area contributed by atoms with Crippen molar-refractivity contribution in [1.29, 1.82) is 0 Å². The molecule has 2 aromatic rings. The van der Waals surface area contributed by atoms with Gasteiger partial charge >= 0.3 is 0 Å². The van der Waals surface area contributed by atoms with Crippen LogP contribution >= 0.6 is 0 Å². The van der Waals surface area contributed by atoms with Crippen molar-refractivity contribution < 1.29 is 29.2 Å². The van der Waals surface area contributed by atoms with E-state index in [9.17, 15) is 24.0 Å². The Morgan fingerprint density at radius 3 is 2.48 bits per heavy atom. The first kappa shape index (κ1) is 20.2. The summed E-state index contributed by atoms with van der Waals surface area (Å²) in [5, 5.41) is 14.0. The molecular formula is C21H18N4O6. The van der Waals surface area contributed by atoms with Gasteiger partial charge in [0, 0.05) is 24.2 Å². The molecule has 1 atom stereocenters. The lowest BCUT2D eigenvalue weighted by molar-refractivity contribution is -0.136. The molecule has 0 saturated carbocycles. The van der Waals surface area contributed by atoms with Crippen LogP contribution in [0.4, 0.5) is 5.69 Å². The number of fused-ring (bicyclic) bond motifs is 1. The van der Waals surface area contributed by atoms with Gasteiger partial charge < -0.3 is 5.32 Å². The number of benzene rings is 2. The number of hydrogen-bond donors (Lipinski definition) is 4. The van der Waals surface area contributed by atoms with Gasteiger partial charge in [0.25, 0.3) is 17.7 Å². The number of carbonyl (C=O) groups is 5. The predicted molar refractivity (Wildman–Crippen MR) is 106 cm³/mol. The lowest BCUT2D eigenvalue weighted by Gasteiger charge is -2.27. The zero-order chi connectivity index (χ0) is 22.1. The molecule has 2 aromatic carbocycles. The summed E-state index contributed by atoms with van der Waals surface area (Å²) < 4.78 is 0. The van der Waals surface area contributed by atoms with Crippen LogP contribution in [0, 0.1) is 0 Å². The first-order chi connectivity index (χ1) is 14.9. The second kappa shape index (κ2) is 8.00. The molecule has 0 bridgehead atoms. The summed E-state index contributed by atoms with van der Waals surface area (Å²) in [5.41, 5.74) is 3.44. The first-order valence-corrected chi connectivity index (χ1v) is 9.52. The summed E-state index contributed by atoms with van der Waals surface area (Å²) in [6.07, 6.45) is 0.145. The van der Waals surface area contributed by atoms with Crippen molar-refractivity contribution >= 4 is 35.2 Å². The standard InChI is InChI=1S/C21H18N4O6/c26-16-9-8-15(19(28)23-16)25-20(29)13-2-1-3-14(17(13)21(25)30)22-10-11-4-6-12(7-5-11)18(27)24-31/h1-7,15,22,31H,8-10H2,(H,24,27)(H,23,26,28). The third-order valence-corrected chi connectivity index (χ3v) is 5.27. The molecule has 10 nitrogen and oxygen atoms in total. The smallest absolute Gasteiger partial charge is 0.274 e. The van der Waals surface area contributed by atoms with Crippen molar-refractivity contribution in [3.63, 3.8) is 0 Å². The zero-order valence-corrected chi connectivity index (χ0v) is 16.2. The highest BCUT2D eigenvalue weighted by Gasteiger charge is 2.45. The van der Waals surface area contributed by atoms with Gasteiger partial charge in [-0.25, -0.2) is 5.48 Å². The quantitative estimate of drug-likeness (QED) is 0.317. The molecule has 1 saturated heterocycles. The minimum Gasteiger partial charge on any atom is -0.380 e. The van der Waals surface area contributed by atoms with Crippen LogP contribution in [0.2, 0.25) is 0 Å². The number of nitrogens with zero attached hydrogens (tertiary/aromatic N) is 1. The van der Waals surface area contributed by atoms with Crippen molar-refractivity contribution in [3.8, 4) is 0 Å². The van der Waals surface area contributed by atoms with Gasteiger partial charge in [0.2, 0.25) is 11.8 Å². The Morgan fingerprint density at radius 1 is 1.06 bits per heavy atom. The van der Waals surface area contributed by atoms with E-state index in [1.54, 1.807) is 29.7 Å². The third kappa shape index (κ3) is 3.64. The van der Waals surface area contributed by atoms with E-state index in [2.05, 4.69) is 10.6 Å². The summed E-state index contributed by atoms with van der Waals surface area (Å²) >= 11 is 0. The maximum Gasteiger partial charge on any atom is 0.274 e. The molecule has 4 N–H and O–H groups in total. The van der Waals surface area contributed by atoms with Crippen molar-refractivity contribution in [2.45, 2.75) is 25.4 Å². The molecule has 0 spiro atoms. The van der Waals surface area contributed by atoms with Crippen molar-refractivity contribution in [2.75, 3.05) is 5.32 Å². The highest BCUT2D eigenvalue weighted by molar-refractivity contribution is 6.25. The molecule has 0 radical (unpaired) electrons. The largest absolute Gasteiger partial charge is 0.380 e. The van der Waals surface area contributed by atoms with Gasteiger partial charge in [0.05, 0.1) is 11.1 Å². The SMILES string of the molecule is O=C1CCC(N2C(=O)c3cccc(NCc4ccc(C(=O)NO)cc4)c3C2=O)C(=O)N1. The number of hydrogen-bond acceptors (Lipinski definition) is 7. The Morgan fingerprint density at radius 2 is 1.81 bits per heavy atom. The molecule has 2 aliphatic heterocycles. The van der Waals surface area contributed by atoms with Crippen molar-refractivity contribution in [1.82, 2.24) is 15.7 Å². The van der Waals surface area contributed by atoms with E-state index < -0.39 is 35.6 Å². The number of carbonyl (C=O) groups excluding carboxylic acids is 5. The van der Waals surface area contributed by atoms with E-state index in [0.717, 1.165) is 10.5 Å². The Labute approximate surface area is 176 Å². The number of anilines is 1. The van der Waals surface area contributed by atoms with Crippen LogP contribution < -0.4 is 16.1 Å². The third-order valence-electron chi connectivity index (χ3n) is 5.27. The first-order valence-electron chi connectivity index (χ1n) is 9.52. The van der Waals surface area contributed by atoms with Gasteiger partial charge in [-0.15, -0.1) is 0 Å². The molecule has 0 aliphatic carbocycles. The number of rotatable bonds is 5. The Kier molecular flexibility index (Phi) is 5.22. The molecule has 4 rings (SSSR count). The van der Waals surface area contributed by atoms with E-state index in [1.807, 2.05) is 0 Å². The summed E-state index contributed by atoms with van der Waals surface area (Å²) in [6, 6.07) is 10.2. The fourth-order valence-corrected chi connectivity index (χ4v) is 3.70. The van der Waals surface area contributed by atoms with E-state index in [1.165, 1.54) is 18.2 Å². The van der Waals surface area contributed by atoms with Crippen molar-refractivity contribution in [3.05, 3.63) is 64.7 Å². The molecule has 1 fully saturated rings. The zero-order valence-electron chi connectivity index (χ0n) is 16.2. The number of imide groups is 2. The summed E-state index contributed by atoms with van der Waals surface area (Å²) in [7, 11) is 0. The lowest BCUT2D eigenvalue weighted by Crippen LogP contribution is -2.54. The topological polar surface area (TPSA) is 145 Å². The van der Waals surface area contributed by atoms with Gasteiger partial charge in [-0.1, -0.05) is 18.2 Å². The number of piperidine rings is 1. The molecule has 2 aliphatic rings. The highest BCUT2D eigenvalue weighted by Crippen LogP contribution is 2.32. The van der Waals surface area contributed by atoms with E-state index in [-0.39, 0.29) is 29.5 Å². The maximum atomic E-state index is 13.1. The lowest BCUT2D eigenvalue weighted by atomic mass is 10.0. The average Bonchev–Trinajstić information content (AvgIpc) is 3.03. The Balaban J connectivity index is 1.54. The molecule has 10 heteroatoms. The summed E-state index contributed by atoms with van der Waals surface area (Å²) in [6.45, 7) is 0.303. The molecule has 5 amide bonds. The molecule has 0 aromatic heterocycles. The van der Waals surface area contributed by atoms with Gasteiger partial charge in [-0.2, -0.15) is 0 Å². The van der Waals surface area contributed by atoms with Gasteiger partial charge in [-0.3, -0.25) is 39.4 Å². The Hall–Kier alpha value is -4.05. The number of amides is 5. The second-order valence-corrected chi connectivity index (χ2v) is 7.17. The van der Waals surface area contributed by atoms with E-state index in [4.69, 9.17) is 5.21 Å². The normalized spacial score (nSPS) is 18.0. The highest BCUT2D eigenvalue weighted by atomic mass is 16.5. The van der Waals surface area contributed by atoms with E-state index >= 15 is 0 Å².